The summed E-state index contributed by atoms with van der Waals surface area (Å²) in [7, 11) is 1.76. The number of halogens is 2. The molecule has 1 atom stereocenters. The van der Waals surface area contributed by atoms with Crippen LogP contribution in [0.5, 0.6) is 0 Å². The van der Waals surface area contributed by atoms with Crippen molar-refractivity contribution in [2.45, 2.75) is 19.9 Å². The van der Waals surface area contributed by atoms with Gasteiger partial charge in [0.1, 0.15) is 0 Å². The van der Waals surface area contributed by atoms with Crippen LogP contribution < -0.4 is 5.32 Å². The van der Waals surface area contributed by atoms with Gasteiger partial charge in [-0.05, 0) is 26.6 Å². The standard InChI is InChI=1S/C15H24F2N2O/c1-4-19(9-10-20-5-2)11-14(18-3)12-7-6-8-13(16)15(12)17/h6-8,14,18H,4-5,9-11H2,1-3H3. The van der Waals surface area contributed by atoms with E-state index in [0.717, 1.165) is 19.2 Å². The van der Waals surface area contributed by atoms with Crippen molar-refractivity contribution in [3.8, 4) is 0 Å². The fourth-order valence-corrected chi connectivity index (χ4v) is 2.11. The number of hydrogen-bond acceptors (Lipinski definition) is 3. The zero-order chi connectivity index (χ0) is 15.0. The fraction of sp³-hybridized carbons (Fsp3) is 0.600. The molecule has 0 aromatic heterocycles. The first-order valence-corrected chi connectivity index (χ1v) is 7.05. The van der Waals surface area contributed by atoms with Gasteiger partial charge in [-0.1, -0.05) is 19.1 Å². The van der Waals surface area contributed by atoms with Crippen LogP contribution in [0, 0.1) is 11.6 Å². The first kappa shape index (κ1) is 17.0. The van der Waals surface area contributed by atoms with E-state index in [4.69, 9.17) is 4.74 Å². The Balaban J connectivity index is 2.72. The maximum Gasteiger partial charge on any atom is 0.163 e. The number of hydrogen-bond donors (Lipinski definition) is 1. The van der Waals surface area contributed by atoms with Gasteiger partial charge in [0, 0.05) is 31.3 Å². The van der Waals surface area contributed by atoms with Gasteiger partial charge in [-0.3, -0.25) is 4.90 Å². The van der Waals surface area contributed by atoms with Gasteiger partial charge in [0.15, 0.2) is 11.6 Å². The maximum atomic E-state index is 13.8. The molecule has 1 unspecified atom stereocenters. The Labute approximate surface area is 119 Å². The van der Waals surface area contributed by atoms with Gasteiger partial charge in [-0.15, -0.1) is 0 Å². The van der Waals surface area contributed by atoms with Gasteiger partial charge < -0.3 is 10.1 Å². The van der Waals surface area contributed by atoms with Crippen molar-refractivity contribution in [1.82, 2.24) is 10.2 Å². The summed E-state index contributed by atoms with van der Waals surface area (Å²) in [5, 5.41) is 3.05. The molecule has 0 radical (unpaired) electrons. The Bertz CT molecular complexity index is 401. The molecule has 1 N–H and O–H groups in total. The highest BCUT2D eigenvalue weighted by atomic mass is 19.2. The summed E-state index contributed by atoms with van der Waals surface area (Å²) >= 11 is 0. The highest BCUT2D eigenvalue weighted by Crippen LogP contribution is 2.20. The lowest BCUT2D eigenvalue weighted by Gasteiger charge is -2.26. The van der Waals surface area contributed by atoms with E-state index >= 15 is 0 Å². The van der Waals surface area contributed by atoms with Gasteiger partial charge in [0.2, 0.25) is 0 Å². The zero-order valence-electron chi connectivity index (χ0n) is 12.5. The molecule has 1 aromatic rings. The van der Waals surface area contributed by atoms with Crippen LogP contribution in [0.15, 0.2) is 18.2 Å². The summed E-state index contributed by atoms with van der Waals surface area (Å²) in [4.78, 5) is 2.15. The molecule has 3 nitrogen and oxygen atoms in total. The molecule has 0 heterocycles. The van der Waals surface area contributed by atoms with Crippen molar-refractivity contribution in [3.05, 3.63) is 35.4 Å². The van der Waals surface area contributed by atoms with Crippen molar-refractivity contribution in [3.63, 3.8) is 0 Å². The van der Waals surface area contributed by atoms with Crippen molar-refractivity contribution in [2.24, 2.45) is 0 Å². The third-order valence-electron chi connectivity index (χ3n) is 3.35. The second-order valence-corrected chi connectivity index (χ2v) is 4.57. The van der Waals surface area contributed by atoms with Crippen molar-refractivity contribution in [2.75, 3.05) is 39.9 Å². The number of rotatable bonds is 9. The maximum absolute atomic E-state index is 13.8. The summed E-state index contributed by atoms with van der Waals surface area (Å²) in [5.74, 6) is -1.58. The van der Waals surface area contributed by atoms with Crippen LogP contribution >= 0.6 is 0 Å². The van der Waals surface area contributed by atoms with Gasteiger partial charge in [0.05, 0.1) is 6.61 Å². The molecule has 114 valence electrons. The molecule has 1 rings (SSSR count). The molecule has 5 heteroatoms. The smallest absolute Gasteiger partial charge is 0.163 e. The SMILES string of the molecule is CCOCCN(CC)CC(NC)c1cccc(F)c1F. The van der Waals surface area contributed by atoms with Crippen LogP contribution in [0.2, 0.25) is 0 Å². The normalized spacial score (nSPS) is 12.9. The Morgan fingerprint density at radius 2 is 2.05 bits per heavy atom. The molecule has 20 heavy (non-hydrogen) atoms. The molecule has 0 aliphatic carbocycles. The molecule has 0 aliphatic heterocycles. The highest BCUT2D eigenvalue weighted by molar-refractivity contribution is 5.22. The van der Waals surface area contributed by atoms with Crippen molar-refractivity contribution >= 4 is 0 Å². The van der Waals surface area contributed by atoms with Crippen LogP contribution in [-0.2, 0) is 4.74 Å². The average molecular weight is 286 g/mol. The van der Waals surface area contributed by atoms with Gasteiger partial charge >= 0.3 is 0 Å². The fourth-order valence-electron chi connectivity index (χ4n) is 2.11. The topological polar surface area (TPSA) is 24.5 Å². The van der Waals surface area contributed by atoms with Gasteiger partial charge in [-0.25, -0.2) is 8.78 Å². The summed E-state index contributed by atoms with van der Waals surface area (Å²) in [5.41, 5.74) is 0.363. The molecule has 0 aliphatic rings. The Morgan fingerprint density at radius 1 is 1.30 bits per heavy atom. The number of nitrogens with one attached hydrogen (secondary N) is 1. The second kappa shape index (κ2) is 9.00. The predicted octanol–water partition coefficient (Wildman–Crippen LogP) is 2.58. The minimum absolute atomic E-state index is 0.243. The number of nitrogens with zero attached hydrogens (tertiary/aromatic N) is 1. The monoisotopic (exact) mass is 286 g/mol. The van der Waals surface area contributed by atoms with Crippen LogP contribution in [0.4, 0.5) is 8.78 Å². The lowest BCUT2D eigenvalue weighted by Crippen LogP contribution is -2.36. The molecule has 0 saturated heterocycles. The minimum Gasteiger partial charge on any atom is -0.380 e. The third kappa shape index (κ3) is 4.81. The lowest BCUT2D eigenvalue weighted by molar-refractivity contribution is 0.111. The quantitative estimate of drug-likeness (QED) is 0.706. The molecule has 0 fully saturated rings. The van der Waals surface area contributed by atoms with Gasteiger partial charge in [-0.2, -0.15) is 0 Å². The largest absolute Gasteiger partial charge is 0.380 e. The zero-order valence-corrected chi connectivity index (χ0v) is 12.5. The van der Waals surface area contributed by atoms with E-state index in [1.54, 1.807) is 13.1 Å². The number of benzene rings is 1. The number of likely N-dealkylation sites (N-methyl/N-ethyl adjacent to an activating group) is 2. The molecule has 0 saturated carbocycles. The summed E-state index contributed by atoms with van der Waals surface area (Å²) in [6.07, 6.45) is 0. The summed E-state index contributed by atoms with van der Waals surface area (Å²) < 4.78 is 32.5. The van der Waals surface area contributed by atoms with Crippen molar-refractivity contribution in [1.29, 1.82) is 0 Å². The van der Waals surface area contributed by atoms with Crippen molar-refractivity contribution < 1.29 is 13.5 Å². The van der Waals surface area contributed by atoms with Crippen LogP contribution in [0.1, 0.15) is 25.5 Å². The van der Waals surface area contributed by atoms with E-state index in [0.29, 0.717) is 25.3 Å². The molecule has 0 bridgehead atoms. The summed E-state index contributed by atoms with van der Waals surface area (Å²) in [6, 6.07) is 4.05. The van der Waals surface area contributed by atoms with E-state index in [2.05, 4.69) is 10.2 Å². The van der Waals surface area contributed by atoms with E-state index in [1.165, 1.54) is 6.07 Å². The third-order valence-corrected chi connectivity index (χ3v) is 3.35. The number of ether oxygens (including phenoxy) is 1. The minimum atomic E-state index is -0.805. The van der Waals surface area contributed by atoms with Crippen LogP contribution in [-0.4, -0.2) is 44.8 Å². The second-order valence-electron chi connectivity index (χ2n) is 4.57. The average Bonchev–Trinajstić information content (AvgIpc) is 2.46. The Morgan fingerprint density at radius 3 is 2.65 bits per heavy atom. The lowest BCUT2D eigenvalue weighted by atomic mass is 10.1. The van der Waals surface area contributed by atoms with E-state index in [-0.39, 0.29) is 6.04 Å². The van der Waals surface area contributed by atoms with Gasteiger partial charge in [0.25, 0.3) is 0 Å². The molecular weight excluding hydrogens is 262 g/mol. The first-order valence-electron chi connectivity index (χ1n) is 7.05. The van der Waals surface area contributed by atoms with E-state index < -0.39 is 11.6 Å². The molecule has 1 aromatic carbocycles. The first-order chi connectivity index (χ1) is 9.63. The Kier molecular flexibility index (Phi) is 7.65. The van der Waals surface area contributed by atoms with Crippen LogP contribution in [0.25, 0.3) is 0 Å². The highest BCUT2D eigenvalue weighted by Gasteiger charge is 2.19. The summed E-state index contributed by atoms with van der Waals surface area (Å²) in [6.45, 7) is 7.55. The molecule has 0 amide bonds. The predicted molar refractivity (Wildman–Crippen MR) is 76.8 cm³/mol. The molecular formula is C15H24F2N2O. The van der Waals surface area contributed by atoms with E-state index in [1.807, 2.05) is 13.8 Å². The Hall–Kier alpha value is -1.04. The van der Waals surface area contributed by atoms with E-state index in [9.17, 15) is 8.78 Å². The molecule has 0 spiro atoms. The van der Waals surface area contributed by atoms with Crippen LogP contribution in [0.3, 0.4) is 0 Å².